The van der Waals surface area contributed by atoms with Crippen molar-refractivity contribution in [2.75, 3.05) is 13.1 Å². The van der Waals surface area contributed by atoms with Crippen LogP contribution in [0.1, 0.15) is 43.9 Å². The molecular weight excluding hydrogens is 302 g/mol. The van der Waals surface area contributed by atoms with Crippen LogP contribution in [-0.2, 0) is 4.79 Å². The SMILES string of the molecule is Cc1ccc(-c2cn[nH]c2[C@H]2CCCN(C(=O)C(C)(C)O)C2)cc1. The predicted molar refractivity (Wildman–Crippen MR) is 93.6 cm³/mol. The number of carbonyl (C=O) groups is 1. The highest BCUT2D eigenvalue weighted by atomic mass is 16.3. The van der Waals surface area contributed by atoms with Crippen LogP contribution in [0, 0.1) is 6.92 Å². The number of aromatic amines is 1. The van der Waals surface area contributed by atoms with Crippen LogP contribution in [0.4, 0.5) is 0 Å². The Labute approximate surface area is 142 Å². The van der Waals surface area contributed by atoms with Crippen molar-refractivity contribution < 1.29 is 9.90 Å². The van der Waals surface area contributed by atoms with Crippen LogP contribution >= 0.6 is 0 Å². The first-order valence-electron chi connectivity index (χ1n) is 8.48. The van der Waals surface area contributed by atoms with Gasteiger partial charge in [-0.3, -0.25) is 9.89 Å². The van der Waals surface area contributed by atoms with Gasteiger partial charge in [-0.2, -0.15) is 5.10 Å². The molecule has 0 saturated carbocycles. The number of piperidine rings is 1. The molecule has 5 nitrogen and oxygen atoms in total. The van der Waals surface area contributed by atoms with Gasteiger partial charge in [0.2, 0.25) is 0 Å². The molecule has 0 spiro atoms. The van der Waals surface area contributed by atoms with Crippen molar-refractivity contribution in [3.63, 3.8) is 0 Å². The third-order valence-corrected chi connectivity index (χ3v) is 4.67. The van der Waals surface area contributed by atoms with Crippen LogP contribution in [0.2, 0.25) is 0 Å². The molecule has 0 aliphatic carbocycles. The van der Waals surface area contributed by atoms with Crippen LogP contribution in [-0.4, -0.2) is 44.8 Å². The van der Waals surface area contributed by atoms with Gasteiger partial charge in [-0.25, -0.2) is 0 Å². The molecule has 1 fully saturated rings. The molecule has 1 aromatic carbocycles. The number of likely N-dealkylation sites (tertiary alicyclic amines) is 1. The van der Waals surface area contributed by atoms with Crippen LogP contribution < -0.4 is 0 Å². The number of aryl methyl sites for hydroxylation is 1. The quantitative estimate of drug-likeness (QED) is 0.911. The van der Waals surface area contributed by atoms with E-state index >= 15 is 0 Å². The van der Waals surface area contributed by atoms with E-state index in [1.165, 1.54) is 5.56 Å². The summed E-state index contributed by atoms with van der Waals surface area (Å²) in [6.45, 7) is 6.48. The molecule has 1 saturated heterocycles. The van der Waals surface area contributed by atoms with Crippen molar-refractivity contribution in [2.24, 2.45) is 0 Å². The molecule has 0 bridgehead atoms. The number of hydrogen-bond acceptors (Lipinski definition) is 3. The predicted octanol–water partition coefficient (Wildman–Crippen LogP) is 2.86. The molecular formula is C19H25N3O2. The normalized spacial score (nSPS) is 18.7. The molecule has 2 heterocycles. The first-order chi connectivity index (χ1) is 11.4. The molecule has 2 N–H and O–H groups in total. The van der Waals surface area contributed by atoms with E-state index in [4.69, 9.17) is 0 Å². The van der Waals surface area contributed by atoms with Crippen molar-refractivity contribution in [1.29, 1.82) is 0 Å². The summed E-state index contributed by atoms with van der Waals surface area (Å²) in [7, 11) is 0. The van der Waals surface area contributed by atoms with Crippen LogP contribution in [0.3, 0.4) is 0 Å². The summed E-state index contributed by atoms with van der Waals surface area (Å²) in [5.74, 6) is 0.00690. The van der Waals surface area contributed by atoms with Crippen molar-refractivity contribution in [3.8, 4) is 11.1 Å². The lowest BCUT2D eigenvalue weighted by molar-refractivity contribution is -0.149. The van der Waals surface area contributed by atoms with Gasteiger partial charge < -0.3 is 10.0 Å². The largest absolute Gasteiger partial charge is 0.381 e. The number of benzene rings is 1. The van der Waals surface area contributed by atoms with E-state index in [9.17, 15) is 9.90 Å². The lowest BCUT2D eigenvalue weighted by Gasteiger charge is -2.35. The second kappa shape index (κ2) is 6.40. The summed E-state index contributed by atoms with van der Waals surface area (Å²) < 4.78 is 0. The highest BCUT2D eigenvalue weighted by Gasteiger charge is 2.34. The minimum Gasteiger partial charge on any atom is -0.381 e. The van der Waals surface area contributed by atoms with E-state index in [-0.39, 0.29) is 11.8 Å². The fraction of sp³-hybridized carbons (Fsp3) is 0.474. The summed E-state index contributed by atoms with van der Waals surface area (Å²) in [4.78, 5) is 14.1. The Bertz CT molecular complexity index is 713. The minimum absolute atomic E-state index is 0.205. The third kappa shape index (κ3) is 3.36. The van der Waals surface area contributed by atoms with E-state index in [1.54, 1.807) is 18.7 Å². The number of aromatic nitrogens is 2. The number of amides is 1. The van der Waals surface area contributed by atoms with Crippen LogP contribution in [0.5, 0.6) is 0 Å². The van der Waals surface area contributed by atoms with Gasteiger partial charge in [-0.1, -0.05) is 29.8 Å². The Hall–Kier alpha value is -2.14. The Morgan fingerprint density at radius 3 is 2.71 bits per heavy atom. The molecule has 128 valence electrons. The maximum atomic E-state index is 12.4. The van der Waals surface area contributed by atoms with E-state index < -0.39 is 5.60 Å². The van der Waals surface area contributed by atoms with Crippen LogP contribution in [0.25, 0.3) is 11.1 Å². The van der Waals surface area contributed by atoms with Gasteiger partial charge in [0.25, 0.3) is 5.91 Å². The molecule has 2 aromatic rings. The molecule has 0 radical (unpaired) electrons. The highest BCUT2D eigenvalue weighted by molar-refractivity contribution is 5.84. The molecule has 0 unspecified atom stereocenters. The van der Waals surface area contributed by atoms with Gasteiger partial charge in [0.15, 0.2) is 0 Å². The summed E-state index contributed by atoms with van der Waals surface area (Å²) in [6, 6.07) is 8.40. The van der Waals surface area contributed by atoms with E-state index in [0.717, 1.165) is 29.7 Å². The zero-order chi connectivity index (χ0) is 17.3. The van der Waals surface area contributed by atoms with Gasteiger partial charge in [0.1, 0.15) is 5.60 Å². The fourth-order valence-electron chi connectivity index (χ4n) is 3.35. The van der Waals surface area contributed by atoms with Gasteiger partial charge in [0.05, 0.1) is 6.20 Å². The molecule has 1 aliphatic rings. The van der Waals surface area contributed by atoms with E-state index in [0.29, 0.717) is 13.1 Å². The van der Waals surface area contributed by atoms with Crippen molar-refractivity contribution in [2.45, 2.75) is 45.1 Å². The van der Waals surface area contributed by atoms with E-state index in [1.807, 2.05) is 6.20 Å². The van der Waals surface area contributed by atoms with Gasteiger partial charge in [-0.05, 0) is 39.2 Å². The average molecular weight is 327 g/mol. The number of H-pyrrole nitrogens is 1. The first-order valence-corrected chi connectivity index (χ1v) is 8.48. The number of nitrogens with zero attached hydrogens (tertiary/aromatic N) is 2. The number of nitrogens with one attached hydrogen (secondary N) is 1. The Kier molecular flexibility index (Phi) is 4.45. The monoisotopic (exact) mass is 327 g/mol. The standard InChI is InChI=1S/C19H25N3O2/c1-13-6-8-14(9-7-13)16-11-20-21-17(16)15-5-4-10-22(12-15)18(23)19(2,3)24/h6-9,11,15,24H,4-5,10,12H2,1-3H3,(H,20,21)/t15-/m0/s1. The smallest absolute Gasteiger partial charge is 0.253 e. The van der Waals surface area contributed by atoms with Gasteiger partial charge >= 0.3 is 0 Å². The maximum Gasteiger partial charge on any atom is 0.253 e. The molecule has 1 amide bonds. The van der Waals surface area contributed by atoms with Crippen molar-refractivity contribution >= 4 is 5.91 Å². The van der Waals surface area contributed by atoms with E-state index in [2.05, 4.69) is 41.4 Å². The average Bonchev–Trinajstić information content (AvgIpc) is 3.04. The van der Waals surface area contributed by atoms with Gasteiger partial charge in [-0.15, -0.1) is 0 Å². The van der Waals surface area contributed by atoms with Crippen molar-refractivity contribution in [1.82, 2.24) is 15.1 Å². The summed E-state index contributed by atoms with van der Waals surface area (Å²) in [6.07, 6.45) is 3.80. The van der Waals surface area contributed by atoms with Gasteiger partial charge in [0, 0.05) is 30.3 Å². The lowest BCUT2D eigenvalue weighted by atomic mass is 9.89. The second-order valence-corrected chi connectivity index (χ2v) is 7.21. The summed E-state index contributed by atoms with van der Waals surface area (Å²) in [5, 5.41) is 17.4. The zero-order valence-electron chi connectivity index (χ0n) is 14.5. The molecule has 3 rings (SSSR count). The third-order valence-electron chi connectivity index (χ3n) is 4.67. The topological polar surface area (TPSA) is 69.2 Å². The van der Waals surface area contributed by atoms with Crippen molar-refractivity contribution in [3.05, 3.63) is 41.7 Å². The minimum atomic E-state index is -1.32. The Morgan fingerprint density at radius 1 is 1.33 bits per heavy atom. The summed E-state index contributed by atoms with van der Waals surface area (Å²) >= 11 is 0. The molecule has 5 heteroatoms. The lowest BCUT2D eigenvalue weighted by Crippen LogP contribution is -2.48. The first kappa shape index (κ1) is 16.7. The number of rotatable bonds is 3. The molecule has 1 aliphatic heterocycles. The van der Waals surface area contributed by atoms with Crippen LogP contribution in [0.15, 0.2) is 30.5 Å². The fourth-order valence-corrected chi connectivity index (χ4v) is 3.35. The number of carbonyl (C=O) groups excluding carboxylic acids is 1. The summed E-state index contributed by atoms with van der Waals surface area (Å²) in [5.41, 5.74) is 3.21. The number of hydrogen-bond donors (Lipinski definition) is 2. The zero-order valence-corrected chi connectivity index (χ0v) is 14.5. The maximum absolute atomic E-state index is 12.4. The molecule has 1 atom stereocenters. The second-order valence-electron chi connectivity index (χ2n) is 7.21. The molecule has 24 heavy (non-hydrogen) atoms. The number of aliphatic hydroxyl groups is 1. The molecule has 1 aromatic heterocycles. The Balaban J connectivity index is 1.84. The Morgan fingerprint density at radius 2 is 2.04 bits per heavy atom. The highest BCUT2D eigenvalue weighted by Crippen LogP contribution is 2.33.